The van der Waals surface area contributed by atoms with Gasteiger partial charge in [-0.05, 0) is 43.1 Å². The maximum atomic E-state index is 6.19. The van der Waals surface area contributed by atoms with Gasteiger partial charge >= 0.3 is 0 Å². The van der Waals surface area contributed by atoms with Crippen LogP contribution in [0.15, 0.2) is 18.2 Å². The number of methoxy groups -OCH3 is 1. The van der Waals surface area contributed by atoms with Crippen molar-refractivity contribution in [1.29, 1.82) is 0 Å². The topological polar surface area (TPSA) is 21.3 Å². The predicted molar refractivity (Wildman–Crippen MR) is 62.6 cm³/mol. The minimum absolute atomic E-state index is 0.390. The second-order valence-corrected chi connectivity index (χ2v) is 4.30. The van der Waals surface area contributed by atoms with Crippen molar-refractivity contribution < 1.29 is 4.74 Å². The van der Waals surface area contributed by atoms with Crippen molar-refractivity contribution >= 4 is 11.6 Å². The lowest BCUT2D eigenvalue weighted by Gasteiger charge is -2.24. The molecule has 2 rings (SSSR count). The van der Waals surface area contributed by atoms with Crippen LogP contribution < -0.4 is 10.1 Å². The molecule has 1 aromatic rings. The van der Waals surface area contributed by atoms with Crippen molar-refractivity contribution in [2.75, 3.05) is 13.7 Å². The van der Waals surface area contributed by atoms with Crippen molar-refractivity contribution in [3.8, 4) is 5.75 Å². The minimum Gasteiger partial charge on any atom is -0.497 e. The summed E-state index contributed by atoms with van der Waals surface area (Å²) in [6, 6.07) is 6.23. The number of rotatable bonds is 2. The van der Waals surface area contributed by atoms with Crippen LogP contribution in [0.2, 0.25) is 5.02 Å². The molecule has 1 saturated heterocycles. The summed E-state index contributed by atoms with van der Waals surface area (Å²) in [6.07, 6.45) is 3.69. The average molecular weight is 226 g/mol. The van der Waals surface area contributed by atoms with Gasteiger partial charge in [0.25, 0.3) is 0 Å². The highest BCUT2D eigenvalue weighted by Crippen LogP contribution is 2.31. The zero-order valence-electron chi connectivity index (χ0n) is 8.92. The van der Waals surface area contributed by atoms with Crippen LogP contribution in [-0.4, -0.2) is 13.7 Å². The zero-order chi connectivity index (χ0) is 10.7. The molecule has 1 fully saturated rings. The highest BCUT2D eigenvalue weighted by atomic mass is 35.5. The van der Waals surface area contributed by atoms with Crippen LogP contribution in [0.5, 0.6) is 5.75 Å². The molecule has 82 valence electrons. The molecule has 0 amide bonds. The van der Waals surface area contributed by atoms with Crippen molar-refractivity contribution in [2.45, 2.75) is 25.3 Å². The van der Waals surface area contributed by atoms with E-state index in [-0.39, 0.29) is 0 Å². The van der Waals surface area contributed by atoms with E-state index in [1.165, 1.54) is 12.8 Å². The van der Waals surface area contributed by atoms with Gasteiger partial charge in [0.15, 0.2) is 0 Å². The Morgan fingerprint density at radius 1 is 1.40 bits per heavy atom. The van der Waals surface area contributed by atoms with E-state index in [0.29, 0.717) is 6.04 Å². The van der Waals surface area contributed by atoms with Crippen LogP contribution in [0.3, 0.4) is 0 Å². The lowest BCUT2D eigenvalue weighted by molar-refractivity contribution is 0.400. The molecule has 15 heavy (non-hydrogen) atoms. The van der Waals surface area contributed by atoms with Gasteiger partial charge in [0.05, 0.1) is 7.11 Å². The molecule has 1 aliphatic heterocycles. The second-order valence-electron chi connectivity index (χ2n) is 3.89. The van der Waals surface area contributed by atoms with Crippen molar-refractivity contribution in [3.63, 3.8) is 0 Å². The van der Waals surface area contributed by atoms with Crippen molar-refractivity contribution in [3.05, 3.63) is 28.8 Å². The van der Waals surface area contributed by atoms with E-state index in [1.807, 2.05) is 18.2 Å². The smallest absolute Gasteiger partial charge is 0.119 e. The van der Waals surface area contributed by atoms with Crippen LogP contribution in [-0.2, 0) is 0 Å². The van der Waals surface area contributed by atoms with Crippen molar-refractivity contribution in [1.82, 2.24) is 5.32 Å². The molecule has 2 nitrogen and oxygen atoms in total. The first-order valence-corrected chi connectivity index (χ1v) is 5.76. The second kappa shape index (κ2) is 4.86. The van der Waals surface area contributed by atoms with Gasteiger partial charge in [-0.2, -0.15) is 0 Å². The first-order valence-electron chi connectivity index (χ1n) is 5.38. The number of hydrogen-bond donors (Lipinski definition) is 1. The van der Waals surface area contributed by atoms with E-state index in [0.717, 1.165) is 29.3 Å². The van der Waals surface area contributed by atoms with E-state index in [9.17, 15) is 0 Å². The Hall–Kier alpha value is -0.730. The van der Waals surface area contributed by atoms with Gasteiger partial charge in [-0.25, -0.2) is 0 Å². The lowest BCUT2D eigenvalue weighted by Crippen LogP contribution is -2.26. The molecular formula is C12H16ClNO. The van der Waals surface area contributed by atoms with Gasteiger partial charge in [-0.3, -0.25) is 0 Å². The summed E-state index contributed by atoms with van der Waals surface area (Å²) in [4.78, 5) is 0. The van der Waals surface area contributed by atoms with Gasteiger partial charge in [0.2, 0.25) is 0 Å². The van der Waals surface area contributed by atoms with Gasteiger partial charge < -0.3 is 10.1 Å². The Morgan fingerprint density at radius 2 is 2.27 bits per heavy atom. The number of benzene rings is 1. The average Bonchev–Trinajstić information content (AvgIpc) is 2.31. The fraction of sp³-hybridized carbons (Fsp3) is 0.500. The number of hydrogen-bond acceptors (Lipinski definition) is 2. The minimum atomic E-state index is 0.390. The molecular weight excluding hydrogens is 210 g/mol. The molecule has 1 heterocycles. The third kappa shape index (κ3) is 2.44. The Kier molecular flexibility index (Phi) is 3.49. The van der Waals surface area contributed by atoms with Gasteiger partial charge in [-0.15, -0.1) is 0 Å². The van der Waals surface area contributed by atoms with Crippen LogP contribution in [0.1, 0.15) is 30.9 Å². The van der Waals surface area contributed by atoms with Gasteiger partial charge in [0.1, 0.15) is 5.75 Å². The molecule has 3 heteroatoms. The third-order valence-corrected chi connectivity index (χ3v) is 3.23. The Balaban J connectivity index is 2.24. The molecule has 0 bridgehead atoms. The summed E-state index contributed by atoms with van der Waals surface area (Å²) < 4.78 is 5.21. The Labute approximate surface area is 95.6 Å². The first kappa shape index (κ1) is 10.8. The number of nitrogens with one attached hydrogen (secondary N) is 1. The van der Waals surface area contributed by atoms with E-state index in [1.54, 1.807) is 7.11 Å². The highest BCUT2D eigenvalue weighted by Gasteiger charge is 2.17. The lowest BCUT2D eigenvalue weighted by atomic mass is 9.97. The largest absolute Gasteiger partial charge is 0.497 e. The molecule has 1 N–H and O–H groups in total. The molecule has 0 saturated carbocycles. The quantitative estimate of drug-likeness (QED) is 0.835. The maximum Gasteiger partial charge on any atom is 0.119 e. The molecule has 1 unspecified atom stereocenters. The van der Waals surface area contributed by atoms with Crippen LogP contribution in [0.4, 0.5) is 0 Å². The normalized spacial score (nSPS) is 21.3. The molecule has 1 aliphatic rings. The summed E-state index contributed by atoms with van der Waals surface area (Å²) in [6.45, 7) is 1.08. The number of ether oxygens (including phenoxy) is 1. The fourth-order valence-corrected chi connectivity index (χ4v) is 2.28. The van der Waals surface area contributed by atoms with Gasteiger partial charge in [-0.1, -0.05) is 18.0 Å². The fourth-order valence-electron chi connectivity index (χ4n) is 2.03. The molecule has 0 spiro atoms. The molecule has 0 radical (unpaired) electrons. The van der Waals surface area contributed by atoms with Crippen molar-refractivity contribution in [2.24, 2.45) is 0 Å². The van der Waals surface area contributed by atoms with E-state index in [4.69, 9.17) is 16.3 Å². The van der Waals surface area contributed by atoms with Crippen LogP contribution in [0.25, 0.3) is 0 Å². The molecule has 1 atom stereocenters. The summed E-state index contributed by atoms with van der Waals surface area (Å²) in [5, 5.41) is 4.32. The van der Waals surface area contributed by atoms with Crippen LogP contribution >= 0.6 is 11.6 Å². The van der Waals surface area contributed by atoms with E-state index in [2.05, 4.69) is 5.32 Å². The third-order valence-electron chi connectivity index (χ3n) is 2.89. The molecule has 0 aliphatic carbocycles. The zero-order valence-corrected chi connectivity index (χ0v) is 9.68. The van der Waals surface area contributed by atoms with E-state index >= 15 is 0 Å². The highest BCUT2D eigenvalue weighted by molar-refractivity contribution is 6.31. The summed E-state index contributed by atoms with van der Waals surface area (Å²) in [5.74, 6) is 0.877. The Bertz CT molecular complexity index is 334. The summed E-state index contributed by atoms with van der Waals surface area (Å²) in [5.41, 5.74) is 1.16. The molecule has 1 aromatic carbocycles. The predicted octanol–water partition coefficient (Wildman–Crippen LogP) is 3.16. The van der Waals surface area contributed by atoms with Gasteiger partial charge in [0, 0.05) is 11.1 Å². The van der Waals surface area contributed by atoms with Crippen LogP contribution in [0, 0.1) is 0 Å². The maximum absolute atomic E-state index is 6.19. The molecule has 0 aromatic heterocycles. The summed E-state index contributed by atoms with van der Waals surface area (Å²) in [7, 11) is 1.68. The SMILES string of the molecule is COc1ccc(Cl)c(C2CCCCN2)c1. The van der Waals surface area contributed by atoms with E-state index < -0.39 is 0 Å². The Morgan fingerprint density at radius 3 is 2.93 bits per heavy atom. The summed E-state index contributed by atoms with van der Waals surface area (Å²) >= 11 is 6.19. The number of piperidine rings is 1. The number of halogens is 1. The monoisotopic (exact) mass is 225 g/mol. The first-order chi connectivity index (χ1) is 7.31. The standard InChI is InChI=1S/C12H16ClNO/c1-15-9-5-6-11(13)10(8-9)12-4-2-3-7-14-12/h5-6,8,12,14H,2-4,7H2,1H3.